The van der Waals surface area contributed by atoms with E-state index in [1.54, 1.807) is 7.11 Å². The Morgan fingerprint density at radius 2 is 1.77 bits per heavy atom. The van der Waals surface area contributed by atoms with Gasteiger partial charge in [-0.3, -0.25) is 4.79 Å². The summed E-state index contributed by atoms with van der Waals surface area (Å²) < 4.78 is 11.4. The quantitative estimate of drug-likeness (QED) is 0.290. The molecule has 1 aliphatic heterocycles. The van der Waals surface area contributed by atoms with Gasteiger partial charge in [0.25, 0.3) is 5.91 Å². The predicted octanol–water partition coefficient (Wildman–Crippen LogP) is 6.97. The second-order valence-corrected chi connectivity index (χ2v) is 9.21. The molecule has 0 bridgehead atoms. The summed E-state index contributed by atoms with van der Waals surface area (Å²) in [5.41, 5.74) is 2.52. The van der Waals surface area contributed by atoms with Crippen molar-refractivity contribution in [1.82, 2.24) is 5.32 Å². The highest BCUT2D eigenvalue weighted by Gasteiger charge is 2.24. The van der Waals surface area contributed by atoms with Crippen molar-refractivity contribution in [3.8, 4) is 11.5 Å². The van der Waals surface area contributed by atoms with Gasteiger partial charge >= 0.3 is 0 Å². The summed E-state index contributed by atoms with van der Waals surface area (Å²) in [7, 11) is 1.58. The molecule has 0 spiro atoms. The molecule has 1 N–H and O–H groups in total. The minimum absolute atomic E-state index is 0.188. The number of carbonyl (C=O) groups excluding carboxylic acids is 1. The fourth-order valence-electron chi connectivity index (χ4n) is 3.71. The van der Waals surface area contributed by atoms with Crippen LogP contribution in [0.15, 0.2) is 94.8 Å². The first-order chi connectivity index (χ1) is 17.1. The molecule has 1 aliphatic rings. The van der Waals surface area contributed by atoms with E-state index in [0.29, 0.717) is 33.2 Å². The van der Waals surface area contributed by atoms with E-state index in [-0.39, 0.29) is 5.91 Å². The summed E-state index contributed by atoms with van der Waals surface area (Å²) in [6.45, 7) is 0.322. The lowest BCUT2D eigenvalue weighted by molar-refractivity contribution is -0.115. The van der Waals surface area contributed by atoms with Crippen molar-refractivity contribution in [3.63, 3.8) is 0 Å². The number of halogens is 1. The summed E-state index contributed by atoms with van der Waals surface area (Å²) >= 11 is 7.53. The number of nitrogens with one attached hydrogen (secondary N) is 1. The number of fused-ring (bicyclic) bond motifs is 1. The van der Waals surface area contributed by atoms with E-state index >= 15 is 0 Å². The van der Waals surface area contributed by atoms with Crippen LogP contribution in [0.3, 0.4) is 0 Å². The zero-order chi connectivity index (χ0) is 24.2. The zero-order valence-corrected chi connectivity index (χ0v) is 20.4. The Morgan fingerprint density at radius 3 is 2.63 bits per heavy atom. The normalized spacial score (nSPS) is 15.5. The number of hydrogen-bond donors (Lipinski definition) is 1. The number of ether oxygens (including phenoxy) is 2. The molecule has 1 heterocycles. The highest BCUT2D eigenvalue weighted by Crippen LogP contribution is 2.34. The van der Waals surface area contributed by atoms with Crippen molar-refractivity contribution in [2.75, 3.05) is 7.11 Å². The van der Waals surface area contributed by atoms with Gasteiger partial charge in [-0.15, -0.1) is 0 Å². The number of amidine groups is 1. The van der Waals surface area contributed by atoms with Gasteiger partial charge in [0.15, 0.2) is 16.7 Å². The van der Waals surface area contributed by atoms with Gasteiger partial charge in [-0.05, 0) is 53.1 Å². The number of benzene rings is 4. The van der Waals surface area contributed by atoms with Crippen molar-refractivity contribution in [2.24, 2.45) is 4.99 Å². The van der Waals surface area contributed by atoms with E-state index in [1.165, 1.54) is 11.8 Å². The Balaban J connectivity index is 1.35. The van der Waals surface area contributed by atoms with Crippen LogP contribution >= 0.6 is 23.4 Å². The first-order valence-corrected chi connectivity index (χ1v) is 12.1. The Kier molecular flexibility index (Phi) is 6.75. The van der Waals surface area contributed by atoms with Crippen molar-refractivity contribution in [2.45, 2.75) is 6.61 Å². The zero-order valence-electron chi connectivity index (χ0n) is 18.8. The molecule has 0 unspecified atom stereocenters. The molecule has 5 rings (SSSR count). The van der Waals surface area contributed by atoms with Gasteiger partial charge in [0.05, 0.1) is 17.7 Å². The molecular formula is C28H21ClN2O3S. The molecule has 174 valence electrons. The molecule has 0 aliphatic carbocycles. The minimum Gasteiger partial charge on any atom is -0.493 e. The average Bonchev–Trinajstić information content (AvgIpc) is 3.22. The van der Waals surface area contributed by atoms with Crippen molar-refractivity contribution in [1.29, 1.82) is 0 Å². The second kappa shape index (κ2) is 10.3. The summed E-state index contributed by atoms with van der Waals surface area (Å²) in [4.78, 5) is 17.8. The van der Waals surface area contributed by atoms with Crippen LogP contribution in [0.1, 0.15) is 11.1 Å². The van der Waals surface area contributed by atoms with E-state index in [0.717, 1.165) is 27.6 Å². The number of carbonyl (C=O) groups is 1. The smallest absolute Gasteiger partial charge is 0.264 e. The monoisotopic (exact) mass is 500 g/mol. The molecule has 0 radical (unpaired) electrons. The summed E-state index contributed by atoms with van der Waals surface area (Å²) in [5.74, 6) is 0.975. The highest BCUT2D eigenvalue weighted by molar-refractivity contribution is 8.18. The van der Waals surface area contributed by atoms with Gasteiger partial charge in [0, 0.05) is 16.0 Å². The van der Waals surface area contributed by atoms with Crippen LogP contribution in [0.2, 0.25) is 5.02 Å². The average molecular weight is 501 g/mol. The summed E-state index contributed by atoms with van der Waals surface area (Å²) in [6.07, 6.45) is 1.81. The third-order valence-electron chi connectivity index (χ3n) is 5.47. The molecule has 35 heavy (non-hydrogen) atoms. The lowest BCUT2D eigenvalue weighted by Gasteiger charge is -2.12. The Hall–Kier alpha value is -3.74. The Morgan fingerprint density at radius 1 is 0.971 bits per heavy atom. The van der Waals surface area contributed by atoms with Crippen LogP contribution < -0.4 is 14.8 Å². The largest absolute Gasteiger partial charge is 0.493 e. The summed E-state index contributed by atoms with van der Waals surface area (Å²) in [6, 6.07) is 27.1. The van der Waals surface area contributed by atoms with Crippen molar-refractivity contribution >= 4 is 57.0 Å². The third kappa shape index (κ3) is 5.19. The molecule has 1 fully saturated rings. The highest BCUT2D eigenvalue weighted by atomic mass is 35.5. The van der Waals surface area contributed by atoms with E-state index < -0.39 is 0 Å². The Labute approximate surface area is 212 Å². The topological polar surface area (TPSA) is 59.9 Å². The second-order valence-electron chi connectivity index (χ2n) is 7.77. The predicted molar refractivity (Wildman–Crippen MR) is 144 cm³/mol. The number of rotatable bonds is 6. The molecule has 0 atom stereocenters. The van der Waals surface area contributed by atoms with E-state index in [9.17, 15) is 4.79 Å². The number of amides is 1. The van der Waals surface area contributed by atoms with Gasteiger partial charge in [-0.25, -0.2) is 4.99 Å². The molecule has 7 heteroatoms. The minimum atomic E-state index is -0.188. The number of hydrogen-bond acceptors (Lipinski definition) is 5. The molecular weight excluding hydrogens is 480 g/mol. The first-order valence-electron chi connectivity index (χ1n) is 10.9. The lowest BCUT2D eigenvalue weighted by Crippen LogP contribution is -2.19. The number of methoxy groups -OCH3 is 1. The fourth-order valence-corrected chi connectivity index (χ4v) is 4.74. The number of thioether (sulfide) groups is 1. The molecule has 1 amide bonds. The molecule has 4 aromatic rings. The van der Waals surface area contributed by atoms with E-state index in [2.05, 4.69) is 10.3 Å². The van der Waals surface area contributed by atoms with E-state index in [1.807, 2.05) is 91.0 Å². The van der Waals surface area contributed by atoms with Gasteiger partial charge in [0.1, 0.15) is 6.61 Å². The van der Waals surface area contributed by atoms with Gasteiger partial charge < -0.3 is 14.8 Å². The van der Waals surface area contributed by atoms with Crippen LogP contribution in [0.5, 0.6) is 11.5 Å². The Bertz CT molecular complexity index is 1480. The third-order valence-corrected chi connectivity index (χ3v) is 6.74. The summed E-state index contributed by atoms with van der Waals surface area (Å²) in [5, 5.41) is 6.19. The molecule has 0 saturated carbocycles. The maximum absolute atomic E-state index is 12.6. The number of aliphatic imine (C=N–C) groups is 1. The van der Waals surface area contributed by atoms with Gasteiger partial charge in [-0.2, -0.15) is 0 Å². The maximum atomic E-state index is 12.6. The van der Waals surface area contributed by atoms with Gasteiger partial charge in [0.2, 0.25) is 0 Å². The van der Waals surface area contributed by atoms with Crippen LogP contribution in [0, 0.1) is 0 Å². The molecule has 1 saturated heterocycles. The SMILES string of the molecule is COc1cc(/C=C2\SC(=Nc3cccc4ccccc34)NC2=O)ccc1OCc1ccccc1Cl. The van der Waals surface area contributed by atoms with Crippen molar-refractivity contribution in [3.05, 3.63) is 106 Å². The molecule has 4 aromatic carbocycles. The number of nitrogens with zero attached hydrogens (tertiary/aromatic N) is 1. The molecule has 5 nitrogen and oxygen atoms in total. The van der Waals surface area contributed by atoms with Crippen LogP contribution in [-0.2, 0) is 11.4 Å². The van der Waals surface area contributed by atoms with Crippen molar-refractivity contribution < 1.29 is 14.3 Å². The van der Waals surface area contributed by atoms with Crippen LogP contribution in [0.25, 0.3) is 16.8 Å². The fraction of sp³-hybridized carbons (Fsp3) is 0.0714. The van der Waals surface area contributed by atoms with E-state index in [4.69, 9.17) is 21.1 Å². The molecule has 0 aromatic heterocycles. The first kappa shape index (κ1) is 23.0. The van der Waals surface area contributed by atoms with Gasteiger partial charge in [-0.1, -0.05) is 72.3 Å². The lowest BCUT2D eigenvalue weighted by atomic mass is 10.1. The maximum Gasteiger partial charge on any atom is 0.264 e. The van der Waals surface area contributed by atoms with Crippen LogP contribution in [0.4, 0.5) is 5.69 Å². The standard InChI is InChI=1S/C28H21ClN2O3S/c1-33-25-15-18(13-14-24(25)34-17-20-8-3-5-11-22(20)29)16-26-27(32)31-28(35-26)30-23-12-6-9-19-7-2-4-10-21(19)23/h2-16H,17H2,1H3,(H,30,31,32)/b26-16-. The van der Waals surface area contributed by atoms with Crippen LogP contribution in [-0.4, -0.2) is 18.2 Å².